The van der Waals surface area contributed by atoms with Crippen LogP contribution in [-0.4, -0.2) is 23.9 Å². The van der Waals surface area contributed by atoms with E-state index in [0.29, 0.717) is 0 Å². The lowest BCUT2D eigenvalue weighted by atomic mass is 9.91. The van der Waals surface area contributed by atoms with Crippen molar-refractivity contribution in [3.05, 3.63) is 0 Å². The summed E-state index contributed by atoms with van der Waals surface area (Å²) in [7, 11) is 1.70. The Morgan fingerprint density at radius 2 is 1.30 bits per heavy atom. The minimum Gasteiger partial charge on any atom is -0.390 e. The lowest BCUT2D eigenvalue weighted by Gasteiger charge is -2.32. The highest BCUT2D eigenvalue weighted by atomic mass is 16.5. The van der Waals surface area contributed by atoms with E-state index in [1.807, 2.05) is 6.92 Å². The lowest BCUT2D eigenvalue weighted by Crippen LogP contribution is -2.40. The Hall–Kier alpha value is -0.0800. The van der Waals surface area contributed by atoms with Gasteiger partial charge in [-0.2, -0.15) is 0 Å². The summed E-state index contributed by atoms with van der Waals surface area (Å²) in [6, 6.07) is 0. The van der Waals surface area contributed by atoms with E-state index in [4.69, 9.17) is 4.74 Å². The van der Waals surface area contributed by atoms with Crippen molar-refractivity contribution < 1.29 is 9.84 Å². The molecule has 20 heavy (non-hydrogen) atoms. The maximum absolute atomic E-state index is 10.2. The molecule has 0 bridgehead atoms. The number of aliphatic hydroxyl groups excluding tert-OH is 1. The normalized spacial score (nSPS) is 16.1. The second-order valence-electron chi connectivity index (χ2n) is 6.36. The summed E-state index contributed by atoms with van der Waals surface area (Å²) in [4.78, 5) is 0. The van der Waals surface area contributed by atoms with Crippen molar-refractivity contribution in [2.45, 2.75) is 110 Å². The third kappa shape index (κ3) is 8.97. The van der Waals surface area contributed by atoms with E-state index in [0.717, 1.165) is 19.3 Å². The van der Waals surface area contributed by atoms with Crippen molar-refractivity contribution >= 4 is 0 Å². The van der Waals surface area contributed by atoms with Crippen LogP contribution in [-0.2, 0) is 4.74 Å². The van der Waals surface area contributed by atoms with E-state index in [1.54, 1.807) is 7.11 Å². The van der Waals surface area contributed by atoms with Crippen LogP contribution in [0.3, 0.4) is 0 Å². The number of rotatable bonds is 14. The van der Waals surface area contributed by atoms with Gasteiger partial charge in [-0.15, -0.1) is 0 Å². The second kappa shape index (κ2) is 12.6. The molecule has 2 heteroatoms. The maximum atomic E-state index is 10.2. The quantitative estimate of drug-likeness (QED) is 0.429. The predicted molar refractivity (Wildman–Crippen MR) is 88.2 cm³/mol. The van der Waals surface area contributed by atoms with E-state index in [9.17, 15) is 5.11 Å². The maximum Gasteiger partial charge on any atom is 0.0905 e. The first-order valence-electron chi connectivity index (χ1n) is 8.84. The van der Waals surface area contributed by atoms with Crippen LogP contribution in [0.4, 0.5) is 0 Å². The summed E-state index contributed by atoms with van der Waals surface area (Å²) < 4.78 is 5.44. The van der Waals surface area contributed by atoms with Crippen LogP contribution in [0.5, 0.6) is 0 Å². The molecule has 2 atom stereocenters. The van der Waals surface area contributed by atoms with Gasteiger partial charge < -0.3 is 9.84 Å². The molecular weight excluding hydrogens is 248 g/mol. The van der Waals surface area contributed by atoms with E-state index >= 15 is 0 Å². The van der Waals surface area contributed by atoms with Crippen LogP contribution in [0.25, 0.3) is 0 Å². The first-order valence-corrected chi connectivity index (χ1v) is 8.84. The molecule has 0 aromatic heterocycles. The van der Waals surface area contributed by atoms with Crippen LogP contribution >= 0.6 is 0 Å². The highest BCUT2D eigenvalue weighted by Gasteiger charge is 2.30. The van der Waals surface area contributed by atoms with Gasteiger partial charge in [0.05, 0.1) is 11.7 Å². The number of hydrogen-bond acceptors (Lipinski definition) is 2. The number of ether oxygens (including phenoxy) is 1. The Morgan fingerprint density at radius 3 is 1.70 bits per heavy atom. The highest BCUT2D eigenvalue weighted by molar-refractivity contribution is 4.81. The zero-order valence-electron chi connectivity index (χ0n) is 14.4. The Balaban J connectivity index is 3.40. The third-order valence-electron chi connectivity index (χ3n) is 4.70. The topological polar surface area (TPSA) is 29.5 Å². The molecular formula is C18H38O2. The number of methoxy groups -OCH3 is 1. The Kier molecular flexibility index (Phi) is 12.6. The molecule has 0 aromatic carbocycles. The van der Waals surface area contributed by atoms with Crippen molar-refractivity contribution in [2.24, 2.45) is 0 Å². The minimum absolute atomic E-state index is 0.327. The average Bonchev–Trinajstić information content (AvgIpc) is 2.48. The molecule has 0 aliphatic heterocycles. The number of hydrogen-bond donors (Lipinski definition) is 1. The molecule has 1 N–H and O–H groups in total. The number of unbranched alkanes of at least 4 members (excludes halogenated alkanes) is 9. The standard InChI is InChI=1S/C18H38O2/c1-5-7-8-9-10-11-12-13-14-15-16-17(19)18(3,6-2)20-4/h17,19H,5-16H2,1-4H3. The predicted octanol–water partition coefficient (Wildman–Crippen LogP) is 5.47. The van der Waals surface area contributed by atoms with Crippen LogP contribution in [0.15, 0.2) is 0 Å². The molecule has 0 amide bonds. The van der Waals surface area contributed by atoms with E-state index in [1.165, 1.54) is 57.8 Å². The van der Waals surface area contributed by atoms with Crippen molar-refractivity contribution in [2.75, 3.05) is 7.11 Å². The summed E-state index contributed by atoms with van der Waals surface area (Å²) >= 11 is 0. The van der Waals surface area contributed by atoms with Gasteiger partial charge in [0.1, 0.15) is 0 Å². The summed E-state index contributed by atoms with van der Waals surface area (Å²) in [6.07, 6.45) is 14.8. The highest BCUT2D eigenvalue weighted by Crippen LogP contribution is 2.23. The van der Waals surface area contributed by atoms with Crippen molar-refractivity contribution in [3.63, 3.8) is 0 Å². The van der Waals surface area contributed by atoms with Gasteiger partial charge in [0, 0.05) is 7.11 Å². The fraction of sp³-hybridized carbons (Fsp3) is 1.00. The van der Waals surface area contributed by atoms with Crippen LogP contribution in [0.2, 0.25) is 0 Å². The van der Waals surface area contributed by atoms with E-state index < -0.39 is 0 Å². The number of aliphatic hydroxyl groups is 1. The van der Waals surface area contributed by atoms with Gasteiger partial charge in [-0.3, -0.25) is 0 Å². The molecule has 0 radical (unpaired) electrons. The van der Waals surface area contributed by atoms with Gasteiger partial charge >= 0.3 is 0 Å². The SMILES string of the molecule is CCCCCCCCCCCCC(O)C(C)(CC)OC. The molecule has 0 heterocycles. The molecule has 0 aliphatic rings. The molecule has 122 valence electrons. The van der Waals surface area contributed by atoms with Crippen LogP contribution < -0.4 is 0 Å². The minimum atomic E-state index is -0.362. The molecule has 2 unspecified atom stereocenters. The Bertz CT molecular complexity index is 200. The van der Waals surface area contributed by atoms with Crippen LogP contribution in [0.1, 0.15) is 97.8 Å². The summed E-state index contributed by atoms with van der Waals surface area (Å²) in [5.74, 6) is 0. The largest absolute Gasteiger partial charge is 0.390 e. The van der Waals surface area contributed by atoms with Crippen molar-refractivity contribution in [1.82, 2.24) is 0 Å². The first kappa shape index (κ1) is 19.9. The third-order valence-corrected chi connectivity index (χ3v) is 4.70. The van der Waals surface area contributed by atoms with Crippen LogP contribution in [0, 0.1) is 0 Å². The van der Waals surface area contributed by atoms with Gasteiger partial charge in [0.25, 0.3) is 0 Å². The van der Waals surface area contributed by atoms with Gasteiger partial charge in [0.2, 0.25) is 0 Å². The lowest BCUT2D eigenvalue weighted by molar-refractivity contribution is -0.0954. The fourth-order valence-corrected chi connectivity index (χ4v) is 2.65. The fourth-order valence-electron chi connectivity index (χ4n) is 2.65. The molecule has 0 spiro atoms. The molecule has 0 aliphatic carbocycles. The van der Waals surface area contributed by atoms with E-state index in [-0.39, 0.29) is 11.7 Å². The monoisotopic (exact) mass is 286 g/mol. The molecule has 0 saturated carbocycles. The zero-order valence-corrected chi connectivity index (χ0v) is 14.4. The van der Waals surface area contributed by atoms with Crippen molar-refractivity contribution in [1.29, 1.82) is 0 Å². The van der Waals surface area contributed by atoms with Gasteiger partial charge in [-0.1, -0.05) is 78.1 Å². The Labute approximate surface area is 127 Å². The zero-order chi connectivity index (χ0) is 15.3. The van der Waals surface area contributed by atoms with Gasteiger partial charge in [-0.05, 0) is 19.8 Å². The second-order valence-corrected chi connectivity index (χ2v) is 6.36. The van der Waals surface area contributed by atoms with Crippen molar-refractivity contribution in [3.8, 4) is 0 Å². The molecule has 0 rings (SSSR count). The summed E-state index contributed by atoms with van der Waals surface area (Å²) in [5, 5.41) is 10.2. The molecule has 0 saturated heterocycles. The first-order chi connectivity index (χ1) is 9.60. The Morgan fingerprint density at radius 1 is 0.850 bits per heavy atom. The summed E-state index contributed by atoms with van der Waals surface area (Å²) in [6.45, 7) is 6.35. The molecule has 0 fully saturated rings. The van der Waals surface area contributed by atoms with Gasteiger partial charge in [0.15, 0.2) is 0 Å². The smallest absolute Gasteiger partial charge is 0.0905 e. The molecule has 0 aromatic rings. The van der Waals surface area contributed by atoms with Gasteiger partial charge in [-0.25, -0.2) is 0 Å². The molecule has 2 nitrogen and oxygen atoms in total. The van der Waals surface area contributed by atoms with E-state index in [2.05, 4.69) is 13.8 Å². The average molecular weight is 286 g/mol. The summed E-state index contributed by atoms with van der Waals surface area (Å²) in [5.41, 5.74) is -0.362.